The predicted molar refractivity (Wildman–Crippen MR) is 119 cm³/mol. The Morgan fingerprint density at radius 2 is 1.87 bits per heavy atom. The van der Waals surface area contributed by atoms with E-state index in [-0.39, 0.29) is 17.0 Å². The van der Waals surface area contributed by atoms with Gasteiger partial charge in [0.15, 0.2) is 0 Å². The third-order valence-corrected chi connectivity index (χ3v) is 5.41. The van der Waals surface area contributed by atoms with Gasteiger partial charge in [-0.05, 0) is 42.3 Å². The standard InChI is InChI=1S/C23H24ClFN4O2/c1-15(2)11-22(30)29-9-7-28(8-10-29)21-6-4-17(13-19(21)24)27-23(31)18-5-3-16(14-26)12-20(18)25/h3-6,12-13,15H,7-11H2,1-2H3,(H,27,31). The molecule has 1 heterocycles. The molecule has 2 aromatic carbocycles. The maximum Gasteiger partial charge on any atom is 0.258 e. The molecule has 6 nitrogen and oxygen atoms in total. The lowest BCUT2D eigenvalue weighted by Crippen LogP contribution is -2.49. The number of amides is 2. The smallest absolute Gasteiger partial charge is 0.258 e. The number of nitrogens with one attached hydrogen (secondary N) is 1. The van der Waals surface area contributed by atoms with E-state index in [1.54, 1.807) is 18.2 Å². The summed E-state index contributed by atoms with van der Waals surface area (Å²) >= 11 is 6.45. The Balaban J connectivity index is 1.64. The van der Waals surface area contributed by atoms with Crippen molar-refractivity contribution in [3.63, 3.8) is 0 Å². The van der Waals surface area contributed by atoms with Gasteiger partial charge in [-0.3, -0.25) is 9.59 Å². The van der Waals surface area contributed by atoms with Crippen LogP contribution in [-0.2, 0) is 4.79 Å². The van der Waals surface area contributed by atoms with Crippen molar-refractivity contribution >= 4 is 34.8 Å². The number of rotatable bonds is 5. The highest BCUT2D eigenvalue weighted by molar-refractivity contribution is 6.33. The number of hydrogen-bond acceptors (Lipinski definition) is 4. The molecule has 1 fully saturated rings. The number of anilines is 2. The highest BCUT2D eigenvalue weighted by Gasteiger charge is 2.23. The summed E-state index contributed by atoms with van der Waals surface area (Å²) in [5, 5.41) is 11.9. The topological polar surface area (TPSA) is 76.4 Å². The molecule has 0 unspecified atom stereocenters. The Labute approximate surface area is 186 Å². The minimum Gasteiger partial charge on any atom is -0.367 e. The number of halogens is 2. The van der Waals surface area contributed by atoms with Gasteiger partial charge in [-0.15, -0.1) is 0 Å². The van der Waals surface area contributed by atoms with E-state index in [4.69, 9.17) is 16.9 Å². The van der Waals surface area contributed by atoms with E-state index in [1.807, 2.05) is 24.8 Å². The molecule has 0 spiro atoms. The number of carbonyl (C=O) groups excluding carboxylic acids is 2. The number of nitriles is 1. The summed E-state index contributed by atoms with van der Waals surface area (Å²) < 4.78 is 14.1. The molecule has 2 aromatic rings. The zero-order valence-electron chi connectivity index (χ0n) is 17.5. The lowest BCUT2D eigenvalue weighted by atomic mass is 10.1. The molecule has 8 heteroatoms. The van der Waals surface area contributed by atoms with Crippen LogP contribution in [0.1, 0.15) is 36.2 Å². The second-order valence-electron chi connectivity index (χ2n) is 7.89. The Morgan fingerprint density at radius 1 is 1.16 bits per heavy atom. The van der Waals surface area contributed by atoms with Gasteiger partial charge in [-0.25, -0.2) is 4.39 Å². The van der Waals surface area contributed by atoms with E-state index in [0.29, 0.717) is 49.2 Å². The lowest BCUT2D eigenvalue weighted by Gasteiger charge is -2.36. The van der Waals surface area contributed by atoms with Crippen molar-refractivity contribution in [2.45, 2.75) is 20.3 Å². The first-order valence-electron chi connectivity index (χ1n) is 10.1. The Morgan fingerprint density at radius 3 is 2.45 bits per heavy atom. The van der Waals surface area contributed by atoms with Gasteiger partial charge in [-0.2, -0.15) is 5.26 Å². The minimum absolute atomic E-state index is 0.146. The minimum atomic E-state index is -0.760. The third kappa shape index (κ3) is 5.53. The quantitative estimate of drug-likeness (QED) is 0.749. The van der Waals surface area contributed by atoms with Crippen LogP contribution in [0, 0.1) is 23.1 Å². The van der Waals surface area contributed by atoms with Crippen molar-refractivity contribution in [3.05, 3.63) is 58.4 Å². The Bertz CT molecular complexity index is 1030. The number of hydrogen-bond donors (Lipinski definition) is 1. The van der Waals surface area contributed by atoms with Gasteiger partial charge in [0, 0.05) is 38.3 Å². The molecule has 0 atom stereocenters. The summed E-state index contributed by atoms with van der Waals surface area (Å²) in [6, 6.07) is 10.6. The van der Waals surface area contributed by atoms with Crippen LogP contribution in [0.5, 0.6) is 0 Å². The zero-order valence-corrected chi connectivity index (χ0v) is 18.2. The first kappa shape index (κ1) is 22.6. The third-order valence-electron chi connectivity index (χ3n) is 5.10. The van der Waals surface area contributed by atoms with Crippen molar-refractivity contribution in [1.82, 2.24) is 4.90 Å². The van der Waals surface area contributed by atoms with Gasteiger partial charge in [0.05, 0.1) is 27.9 Å². The van der Waals surface area contributed by atoms with Gasteiger partial charge in [0.1, 0.15) is 5.82 Å². The fourth-order valence-corrected chi connectivity index (χ4v) is 3.78. The molecular weight excluding hydrogens is 419 g/mol. The van der Waals surface area contributed by atoms with Crippen LogP contribution in [0.15, 0.2) is 36.4 Å². The number of carbonyl (C=O) groups is 2. The van der Waals surface area contributed by atoms with E-state index < -0.39 is 11.7 Å². The van der Waals surface area contributed by atoms with Crippen LogP contribution < -0.4 is 10.2 Å². The molecule has 2 amide bonds. The molecule has 3 rings (SSSR count). The summed E-state index contributed by atoms with van der Waals surface area (Å²) in [5.74, 6) is -0.874. The number of nitrogens with zero attached hydrogens (tertiary/aromatic N) is 3. The summed E-state index contributed by atoms with van der Waals surface area (Å²) in [6.07, 6.45) is 0.551. The normalized spacial score (nSPS) is 13.8. The van der Waals surface area contributed by atoms with Gasteiger partial charge in [0.2, 0.25) is 5.91 Å². The summed E-state index contributed by atoms with van der Waals surface area (Å²) in [4.78, 5) is 28.6. The van der Waals surface area contributed by atoms with E-state index in [1.165, 1.54) is 12.1 Å². The predicted octanol–water partition coefficient (Wildman–Crippen LogP) is 4.30. The Kier molecular flexibility index (Phi) is 7.13. The molecule has 0 saturated carbocycles. The first-order valence-corrected chi connectivity index (χ1v) is 10.5. The van der Waals surface area contributed by atoms with Crippen LogP contribution in [0.3, 0.4) is 0 Å². The largest absolute Gasteiger partial charge is 0.367 e. The Hall–Kier alpha value is -3.11. The number of piperazine rings is 1. The molecule has 162 valence electrons. The molecule has 1 aliphatic rings. The molecule has 0 aromatic heterocycles. The monoisotopic (exact) mass is 442 g/mol. The van der Waals surface area contributed by atoms with Gasteiger partial charge >= 0.3 is 0 Å². The van der Waals surface area contributed by atoms with Crippen LogP contribution >= 0.6 is 11.6 Å². The fraction of sp³-hybridized carbons (Fsp3) is 0.348. The molecule has 31 heavy (non-hydrogen) atoms. The maximum atomic E-state index is 14.1. The molecule has 1 N–H and O–H groups in total. The molecule has 0 bridgehead atoms. The first-order chi connectivity index (χ1) is 14.8. The van der Waals surface area contributed by atoms with E-state index in [0.717, 1.165) is 11.8 Å². The van der Waals surface area contributed by atoms with Crippen molar-refractivity contribution < 1.29 is 14.0 Å². The van der Waals surface area contributed by atoms with E-state index in [9.17, 15) is 14.0 Å². The molecule has 1 saturated heterocycles. The molecule has 0 aliphatic carbocycles. The average molecular weight is 443 g/mol. The summed E-state index contributed by atoms with van der Waals surface area (Å²) in [7, 11) is 0. The average Bonchev–Trinajstić information content (AvgIpc) is 2.73. The summed E-state index contributed by atoms with van der Waals surface area (Å²) in [6.45, 7) is 6.68. The van der Waals surface area contributed by atoms with Crippen LogP contribution in [0.2, 0.25) is 5.02 Å². The van der Waals surface area contributed by atoms with Crippen LogP contribution in [-0.4, -0.2) is 42.9 Å². The second-order valence-corrected chi connectivity index (χ2v) is 8.30. The second kappa shape index (κ2) is 9.80. The van der Waals surface area contributed by atoms with Crippen molar-refractivity contribution in [3.8, 4) is 6.07 Å². The van der Waals surface area contributed by atoms with Crippen LogP contribution in [0.25, 0.3) is 0 Å². The highest BCUT2D eigenvalue weighted by atomic mass is 35.5. The molecule has 0 radical (unpaired) electrons. The lowest BCUT2D eigenvalue weighted by molar-refractivity contribution is -0.132. The van der Waals surface area contributed by atoms with Crippen molar-refractivity contribution in [2.24, 2.45) is 5.92 Å². The fourth-order valence-electron chi connectivity index (χ4n) is 3.48. The molecule has 1 aliphatic heterocycles. The highest BCUT2D eigenvalue weighted by Crippen LogP contribution is 2.30. The van der Waals surface area contributed by atoms with Gasteiger partial charge < -0.3 is 15.1 Å². The SMILES string of the molecule is CC(C)CC(=O)N1CCN(c2ccc(NC(=O)c3ccc(C#N)cc3F)cc2Cl)CC1. The van der Waals surface area contributed by atoms with Crippen molar-refractivity contribution in [2.75, 3.05) is 36.4 Å². The van der Waals surface area contributed by atoms with Crippen LogP contribution in [0.4, 0.5) is 15.8 Å². The summed E-state index contributed by atoms with van der Waals surface area (Å²) in [5.41, 5.74) is 1.25. The number of benzene rings is 2. The van der Waals surface area contributed by atoms with Gasteiger partial charge in [-0.1, -0.05) is 25.4 Å². The van der Waals surface area contributed by atoms with E-state index >= 15 is 0 Å². The zero-order chi connectivity index (χ0) is 22.5. The van der Waals surface area contributed by atoms with Gasteiger partial charge in [0.25, 0.3) is 5.91 Å². The van der Waals surface area contributed by atoms with E-state index in [2.05, 4.69) is 10.2 Å². The van der Waals surface area contributed by atoms with Crippen molar-refractivity contribution in [1.29, 1.82) is 5.26 Å². The molecular formula is C23H24ClFN4O2. The maximum absolute atomic E-state index is 14.1.